The number of methoxy groups -OCH3 is 1. The lowest BCUT2D eigenvalue weighted by Crippen LogP contribution is -2.34. The van der Waals surface area contributed by atoms with Crippen LogP contribution in [0, 0.1) is 0 Å². The van der Waals surface area contributed by atoms with E-state index in [0.717, 1.165) is 0 Å². The number of Topliss-reactive ketones (excluding diaryl/α,β-unsaturated/α-hetero) is 1. The molecule has 0 bridgehead atoms. The molecular formula is C22H25NO7. The van der Waals surface area contributed by atoms with E-state index >= 15 is 0 Å². The van der Waals surface area contributed by atoms with Crippen molar-refractivity contribution in [3.05, 3.63) is 59.3 Å². The summed E-state index contributed by atoms with van der Waals surface area (Å²) in [6, 6.07) is 7.45. The summed E-state index contributed by atoms with van der Waals surface area (Å²) in [5, 5.41) is 10.6. The molecule has 8 nitrogen and oxygen atoms in total. The topological polar surface area (TPSA) is 98.4 Å². The Morgan fingerprint density at radius 1 is 1.17 bits per heavy atom. The average molecular weight is 415 g/mol. The van der Waals surface area contributed by atoms with Gasteiger partial charge in [-0.15, -0.1) is 0 Å². The molecule has 1 aromatic carbocycles. The second kappa shape index (κ2) is 9.49. The second-order valence-corrected chi connectivity index (χ2v) is 6.53. The van der Waals surface area contributed by atoms with Crippen LogP contribution in [-0.2, 0) is 9.53 Å². The molecule has 1 aliphatic rings. The van der Waals surface area contributed by atoms with Crippen LogP contribution < -0.4 is 9.47 Å². The summed E-state index contributed by atoms with van der Waals surface area (Å²) in [4.78, 5) is 27.3. The van der Waals surface area contributed by atoms with E-state index in [-0.39, 0.29) is 24.5 Å². The van der Waals surface area contributed by atoms with Gasteiger partial charge in [-0.05, 0) is 43.7 Å². The van der Waals surface area contributed by atoms with Crippen molar-refractivity contribution < 1.29 is 33.3 Å². The van der Waals surface area contributed by atoms with Gasteiger partial charge in [-0.25, -0.2) is 0 Å². The Kier molecular flexibility index (Phi) is 6.79. The number of amides is 1. The van der Waals surface area contributed by atoms with E-state index in [1.54, 1.807) is 24.3 Å². The molecule has 0 radical (unpaired) electrons. The molecule has 160 valence electrons. The first-order valence-corrected chi connectivity index (χ1v) is 9.74. The SMILES string of the molecule is CCOc1ccc(C2C(C(=O)c3ccco3)=C(O)C(=O)N2CCOC)cc1OCC. The molecule has 8 heteroatoms. The van der Waals surface area contributed by atoms with E-state index < -0.39 is 23.5 Å². The number of aliphatic hydroxyl groups is 1. The van der Waals surface area contributed by atoms with Gasteiger partial charge in [-0.1, -0.05) is 6.07 Å². The zero-order valence-electron chi connectivity index (χ0n) is 17.2. The van der Waals surface area contributed by atoms with E-state index in [1.807, 2.05) is 13.8 Å². The van der Waals surface area contributed by atoms with Crippen LogP contribution >= 0.6 is 0 Å². The summed E-state index contributed by atoms with van der Waals surface area (Å²) in [5.41, 5.74) is 0.558. The van der Waals surface area contributed by atoms with E-state index in [2.05, 4.69) is 0 Å². The van der Waals surface area contributed by atoms with Crippen molar-refractivity contribution in [1.82, 2.24) is 4.90 Å². The number of carbonyl (C=O) groups is 2. The Labute approximate surface area is 174 Å². The van der Waals surface area contributed by atoms with E-state index in [9.17, 15) is 14.7 Å². The monoisotopic (exact) mass is 415 g/mol. The fraction of sp³-hybridized carbons (Fsp3) is 0.364. The highest BCUT2D eigenvalue weighted by Gasteiger charge is 2.44. The number of ether oxygens (including phenoxy) is 3. The molecule has 30 heavy (non-hydrogen) atoms. The van der Waals surface area contributed by atoms with E-state index in [0.29, 0.717) is 30.3 Å². The maximum atomic E-state index is 13.1. The highest BCUT2D eigenvalue weighted by molar-refractivity contribution is 6.15. The molecule has 2 heterocycles. The summed E-state index contributed by atoms with van der Waals surface area (Å²) in [6.07, 6.45) is 1.36. The Hall–Kier alpha value is -3.26. The fourth-order valence-corrected chi connectivity index (χ4v) is 3.43. The number of benzene rings is 1. The normalized spacial score (nSPS) is 16.3. The average Bonchev–Trinajstić information content (AvgIpc) is 3.36. The Morgan fingerprint density at radius 2 is 1.90 bits per heavy atom. The minimum absolute atomic E-state index is 0.0407. The van der Waals surface area contributed by atoms with Crippen LogP contribution in [0.25, 0.3) is 0 Å². The van der Waals surface area contributed by atoms with Crippen LogP contribution in [0.2, 0.25) is 0 Å². The van der Waals surface area contributed by atoms with E-state index in [1.165, 1.54) is 24.3 Å². The lowest BCUT2D eigenvalue weighted by atomic mass is 9.94. The Morgan fingerprint density at radius 3 is 2.53 bits per heavy atom. The first kappa shape index (κ1) is 21.4. The third-order valence-electron chi connectivity index (χ3n) is 4.71. The molecule has 1 atom stereocenters. The zero-order chi connectivity index (χ0) is 21.7. The molecule has 0 saturated carbocycles. The van der Waals surface area contributed by atoms with Crippen molar-refractivity contribution in [3.8, 4) is 11.5 Å². The molecule has 0 aliphatic carbocycles. The molecule has 1 unspecified atom stereocenters. The predicted octanol–water partition coefficient (Wildman–Crippen LogP) is 3.30. The van der Waals surface area contributed by atoms with Crippen molar-refractivity contribution in [1.29, 1.82) is 0 Å². The Balaban J connectivity index is 2.09. The number of carbonyl (C=O) groups excluding carboxylic acids is 2. The minimum atomic E-state index is -0.819. The Bertz CT molecular complexity index is 933. The van der Waals surface area contributed by atoms with Gasteiger partial charge in [0.25, 0.3) is 5.91 Å². The number of hydrogen-bond donors (Lipinski definition) is 1. The van der Waals surface area contributed by atoms with Gasteiger partial charge in [0.05, 0.1) is 37.7 Å². The fourth-order valence-electron chi connectivity index (χ4n) is 3.43. The molecule has 1 amide bonds. The third kappa shape index (κ3) is 4.04. The van der Waals surface area contributed by atoms with Crippen LogP contribution in [0.15, 0.2) is 52.3 Å². The number of ketones is 1. The molecule has 2 aromatic rings. The quantitative estimate of drug-likeness (QED) is 0.595. The molecule has 1 aromatic heterocycles. The molecule has 0 fully saturated rings. The number of nitrogens with zero attached hydrogens (tertiary/aromatic N) is 1. The summed E-state index contributed by atoms with van der Waals surface area (Å²) in [6.45, 7) is 5.03. The molecule has 3 rings (SSSR count). The standard InChI is InChI=1S/C22H25NO7/c1-4-28-15-9-8-14(13-17(15)29-5-2)19-18(20(24)16-7-6-11-30-16)21(25)22(26)23(19)10-12-27-3/h6-9,11,13,19,25H,4-5,10,12H2,1-3H3. The first-order chi connectivity index (χ1) is 14.5. The van der Waals surface area contributed by atoms with Gasteiger partial charge < -0.3 is 28.6 Å². The van der Waals surface area contributed by atoms with E-state index in [4.69, 9.17) is 18.6 Å². The largest absolute Gasteiger partial charge is 0.503 e. The van der Waals surface area contributed by atoms with Gasteiger partial charge in [0.1, 0.15) is 0 Å². The van der Waals surface area contributed by atoms with Crippen LogP contribution in [0.1, 0.15) is 36.0 Å². The third-order valence-corrected chi connectivity index (χ3v) is 4.71. The summed E-state index contributed by atoms with van der Waals surface area (Å²) < 4.78 is 21.6. The van der Waals surface area contributed by atoms with Gasteiger partial charge >= 0.3 is 0 Å². The van der Waals surface area contributed by atoms with Crippen LogP contribution in [0.4, 0.5) is 0 Å². The van der Waals surface area contributed by atoms with Crippen LogP contribution in [0.3, 0.4) is 0 Å². The first-order valence-electron chi connectivity index (χ1n) is 9.74. The van der Waals surface area contributed by atoms with Gasteiger partial charge in [0, 0.05) is 13.7 Å². The molecular weight excluding hydrogens is 390 g/mol. The number of aliphatic hydroxyl groups excluding tert-OH is 1. The minimum Gasteiger partial charge on any atom is -0.503 e. The van der Waals surface area contributed by atoms with Crippen LogP contribution in [0.5, 0.6) is 11.5 Å². The van der Waals surface area contributed by atoms with Crippen LogP contribution in [-0.4, -0.2) is 55.2 Å². The van der Waals surface area contributed by atoms with Crippen molar-refractivity contribution in [2.24, 2.45) is 0 Å². The number of rotatable bonds is 10. The number of furan rings is 1. The van der Waals surface area contributed by atoms with Crippen molar-refractivity contribution >= 4 is 11.7 Å². The van der Waals surface area contributed by atoms with Gasteiger partial charge in [0.2, 0.25) is 5.78 Å². The van der Waals surface area contributed by atoms with Gasteiger partial charge in [0.15, 0.2) is 23.0 Å². The maximum absolute atomic E-state index is 13.1. The summed E-state index contributed by atoms with van der Waals surface area (Å²) >= 11 is 0. The molecule has 1 N–H and O–H groups in total. The van der Waals surface area contributed by atoms with Crippen molar-refractivity contribution in [3.63, 3.8) is 0 Å². The smallest absolute Gasteiger partial charge is 0.290 e. The molecule has 0 saturated heterocycles. The maximum Gasteiger partial charge on any atom is 0.290 e. The molecule has 1 aliphatic heterocycles. The van der Waals surface area contributed by atoms with Gasteiger partial charge in [-0.3, -0.25) is 9.59 Å². The highest BCUT2D eigenvalue weighted by Crippen LogP contribution is 2.41. The number of hydrogen-bond acceptors (Lipinski definition) is 7. The van der Waals surface area contributed by atoms with Crippen molar-refractivity contribution in [2.45, 2.75) is 19.9 Å². The molecule has 0 spiro atoms. The van der Waals surface area contributed by atoms with Gasteiger partial charge in [-0.2, -0.15) is 0 Å². The highest BCUT2D eigenvalue weighted by atomic mass is 16.5. The zero-order valence-corrected chi connectivity index (χ0v) is 17.2. The van der Waals surface area contributed by atoms with Crippen molar-refractivity contribution in [2.75, 3.05) is 33.5 Å². The lowest BCUT2D eigenvalue weighted by molar-refractivity contribution is -0.130. The summed E-state index contributed by atoms with van der Waals surface area (Å²) in [7, 11) is 1.52. The lowest BCUT2D eigenvalue weighted by Gasteiger charge is -2.27. The predicted molar refractivity (Wildman–Crippen MR) is 108 cm³/mol. The summed E-state index contributed by atoms with van der Waals surface area (Å²) in [5.74, 6) is -0.695. The second-order valence-electron chi connectivity index (χ2n) is 6.53.